The molecule has 3 fully saturated rings. The van der Waals surface area contributed by atoms with Gasteiger partial charge in [-0.05, 0) is 62.5 Å². The number of hydrogen-bond acceptors (Lipinski definition) is 4. The van der Waals surface area contributed by atoms with Crippen molar-refractivity contribution < 1.29 is 14.3 Å². The van der Waals surface area contributed by atoms with Gasteiger partial charge in [0.2, 0.25) is 5.91 Å². The summed E-state index contributed by atoms with van der Waals surface area (Å²) in [4.78, 5) is 12.6. The Labute approximate surface area is 155 Å². The number of ether oxygens (including phenoxy) is 2. The minimum atomic E-state index is -0.677. The molecular formula is C21H30N2O3. The molecule has 5 nitrogen and oxygen atoms in total. The Morgan fingerprint density at radius 3 is 2.81 bits per heavy atom. The lowest BCUT2D eigenvalue weighted by Crippen LogP contribution is -2.67. The molecule has 1 aliphatic heterocycles. The Balaban J connectivity index is 1.34. The number of hydrogen-bond donors (Lipinski definition) is 2. The monoisotopic (exact) mass is 358 g/mol. The second kappa shape index (κ2) is 6.86. The average Bonchev–Trinajstić information content (AvgIpc) is 3.07. The van der Waals surface area contributed by atoms with Crippen LogP contribution in [0.5, 0.6) is 5.75 Å². The number of carbonyl (C=O) groups is 1. The largest absolute Gasteiger partial charge is 0.491 e. The summed E-state index contributed by atoms with van der Waals surface area (Å²) in [5.41, 5.74) is 8.17. The summed E-state index contributed by atoms with van der Waals surface area (Å²) in [6, 6.07) is 6.10. The summed E-state index contributed by atoms with van der Waals surface area (Å²) < 4.78 is 11.6. The molecule has 1 unspecified atom stereocenters. The molecule has 142 valence electrons. The molecule has 1 aromatic rings. The molecule has 0 radical (unpaired) electrons. The van der Waals surface area contributed by atoms with E-state index in [-0.39, 0.29) is 12.0 Å². The lowest BCUT2D eigenvalue weighted by atomic mass is 9.48. The zero-order chi connectivity index (χ0) is 18.2. The summed E-state index contributed by atoms with van der Waals surface area (Å²) in [5, 5.41) is 3.04. The van der Waals surface area contributed by atoms with Gasteiger partial charge < -0.3 is 20.5 Å². The van der Waals surface area contributed by atoms with Crippen molar-refractivity contribution in [2.45, 2.75) is 70.1 Å². The number of nitrogens with two attached hydrogens (primary N) is 1. The van der Waals surface area contributed by atoms with Crippen molar-refractivity contribution in [1.29, 1.82) is 0 Å². The van der Waals surface area contributed by atoms with Crippen LogP contribution in [-0.4, -0.2) is 30.8 Å². The predicted octanol–water partition coefficient (Wildman–Crippen LogP) is 2.83. The van der Waals surface area contributed by atoms with Gasteiger partial charge in [-0.3, -0.25) is 4.79 Å². The molecule has 5 heteroatoms. The van der Waals surface area contributed by atoms with Crippen molar-refractivity contribution >= 4 is 5.91 Å². The lowest BCUT2D eigenvalue weighted by Gasteiger charge is -2.58. The van der Waals surface area contributed by atoms with E-state index in [0.29, 0.717) is 18.6 Å². The fraction of sp³-hybridized carbons (Fsp3) is 0.667. The van der Waals surface area contributed by atoms with Gasteiger partial charge in [-0.25, -0.2) is 0 Å². The first-order valence-corrected chi connectivity index (χ1v) is 9.89. The van der Waals surface area contributed by atoms with E-state index in [1.807, 2.05) is 25.1 Å². The van der Waals surface area contributed by atoms with Crippen LogP contribution in [-0.2, 0) is 16.1 Å². The average molecular weight is 358 g/mol. The summed E-state index contributed by atoms with van der Waals surface area (Å²) >= 11 is 0. The van der Waals surface area contributed by atoms with Gasteiger partial charge >= 0.3 is 0 Å². The summed E-state index contributed by atoms with van der Waals surface area (Å²) in [5.74, 6) is 0.802. The van der Waals surface area contributed by atoms with Gasteiger partial charge in [-0.2, -0.15) is 0 Å². The highest BCUT2D eigenvalue weighted by Crippen LogP contribution is 2.59. The number of aryl methyl sites for hydroxylation is 1. The van der Waals surface area contributed by atoms with Crippen molar-refractivity contribution in [2.75, 3.05) is 13.2 Å². The van der Waals surface area contributed by atoms with E-state index in [2.05, 4.69) is 5.32 Å². The van der Waals surface area contributed by atoms with Crippen molar-refractivity contribution in [3.63, 3.8) is 0 Å². The molecule has 2 aliphatic carbocycles. The third kappa shape index (κ3) is 3.47. The first-order chi connectivity index (χ1) is 12.5. The van der Waals surface area contributed by atoms with E-state index in [1.165, 1.54) is 19.3 Å². The minimum absolute atomic E-state index is 0.0272. The van der Waals surface area contributed by atoms with Crippen LogP contribution in [0.3, 0.4) is 0 Å². The minimum Gasteiger partial charge on any atom is -0.491 e. The highest BCUT2D eigenvalue weighted by atomic mass is 16.5. The molecule has 1 saturated heterocycles. The van der Waals surface area contributed by atoms with E-state index < -0.39 is 5.54 Å². The van der Waals surface area contributed by atoms with Gasteiger partial charge in [-0.15, -0.1) is 0 Å². The van der Waals surface area contributed by atoms with Crippen LogP contribution < -0.4 is 15.8 Å². The molecule has 2 saturated carbocycles. The number of rotatable bonds is 6. The molecule has 0 bridgehead atoms. The quantitative estimate of drug-likeness (QED) is 0.820. The molecular weight excluding hydrogens is 328 g/mol. The topological polar surface area (TPSA) is 73.6 Å². The molecule has 1 amide bonds. The van der Waals surface area contributed by atoms with Crippen LogP contribution in [0.2, 0.25) is 0 Å². The molecule has 1 atom stereocenters. The maximum absolute atomic E-state index is 12.6. The number of carbonyl (C=O) groups excluding carboxylic acids is 1. The number of nitrogens with one attached hydrogen (secondary N) is 1. The van der Waals surface area contributed by atoms with Crippen LogP contribution in [0.15, 0.2) is 18.2 Å². The number of amides is 1. The molecule has 1 heterocycles. The second-order valence-electron chi connectivity index (χ2n) is 8.60. The van der Waals surface area contributed by atoms with Crippen molar-refractivity contribution in [3.8, 4) is 5.75 Å². The maximum Gasteiger partial charge on any atom is 0.240 e. The Bertz CT molecular complexity index is 670. The van der Waals surface area contributed by atoms with E-state index in [1.54, 1.807) is 0 Å². The summed E-state index contributed by atoms with van der Waals surface area (Å²) in [6.07, 6.45) is 7.76. The van der Waals surface area contributed by atoms with Gasteiger partial charge in [0.15, 0.2) is 0 Å². The van der Waals surface area contributed by atoms with Crippen LogP contribution >= 0.6 is 0 Å². The summed E-state index contributed by atoms with van der Waals surface area (Å²) in [6.45, 7) is 3.88. The predicted molar refractivity (Wildman–Crippen MR) is 99.9 cm³/mol. The van der Waals surface area contributed by atoms with Crippen LogP contribution in [0.1, 0.15) is 56.1 Å². The summed E-state index contributed by atoms with van der Waals surface area (Å²) in [7, 11) is 0. The lowest BCUT2D eigenvalue weighted by molar-refractivity contribution is -0.140. The Morgan fingerprint density at radius 2 is 2.15 bits per heavy atom. The van der Waals surface area contributed by atoms with Crippen molar-refractivity contribution in [3.05, 3.63) is 29.3 Å². The van der Waals surface area contributed by atoms with E-state index >= 15 is 0 Å². The fourth-order valence-electron chi connectivity index (χ4n) is 4.73. The molecule has 1 aromatic carbocycles. The normalized spacial score (nSPS) is 25.4. The molecule has 1 spiro atoms. The Morgan fingerprint density at radius 1 is 1.35 bits per heavy atom. The number of benzene rings is 1. The zero-order valence-electron chi connectivity index (χ0n) is 15.7. The SMILES string of the molecule is Cc1ccc(CNC(=O)C2(N)CC3(CCC3)C2)c(OCC2CCCO2)c1. The Kier molecular flexibility index (Phi) is 4.70. The first kappa shape index (κ1) is 17.8. The first-order valence-electron chi connectivity index (χ1n) is 9.89. The molecule has 3 aliphatic rings. The van der Waals surface area contributed by atoms with Gasteiger partial charge in [0.1, 0.15) is 12.4 Å². The molecule has 4 rings (SSSR count). The highest BCUT2D eigenvalue weighted by Gasteiger charge is 2.58. The third-order valence-corrected chi connectivity index (χ3v) is 6.36. The third-order valence-electron chi connectivity index (χ3n) is 6.36. The van der Waals surface area contributed by atoms with Crippen LogP contribution in [0.25, 0.3) is 0 Å². The molecule has 0 aromatic heterocycles. The van der Waals surface area contributed by atoms with Crippen LogP contribution in [0, 0.1) is 12.3 Å². The van der Waals surface area contributed by atoms with E-state index in [9.17, 15) is 4.79 Å². The van der Waals surface area contributed by atoms with E-state index in [0.717, 1.165) is 49.2 Å². The van der Waals surface area contributed by atoms with Crippen molar-refractivity contribution in [1.82, 2.24) is 5.32 Å². The molecule has 26 heavy (non-hydrogen) atoms. The molecule has 3 N–H and O–H groups in total. The fourth-order valence-corrected chi connectivity index (χ4v) is 4.73. The van der Waals surface area contributed by atoms with Gasteiger partial charge in [-0.1, -0.05) is 18.6 Å². The zero-order valence-corrected chi connectivity index (χ0v) is 15.7. The second-order valence-corrected chi connectivity index (χ2v) is 8.60. The van der Waals surface area contributed by atoms with Crippen LogP contribution in [0.4, 0.5) is 0 Å². The standard InChI is InChI=1S/C21H30N2O3/c1-15-5-6-16(18(10-15)26-12-17-4-2-9-25-17)11-23-19(24)21(22)13-20(14-21)7-3-8-20/h5-6,10,17H,2-4,7-9,11-14,22H2,1H3,(H,23,24). The highest BCUT2D eigenvalue weighted by molar-refractivity contribution is 5.87. The van der Waals surface area contributed by atoms with Gasteiger partial charge in [0.05, 0.1) is 11.6 Å². The maximum atomic E-state index is 12.6. The van der Waals surface area contributed by atoms with Crippen molar-refractivity contribution in [2.24, 2.45) is 11.1 Å². The smallest absolute Gasteiger partial charge is 0.240 e. The van der Waals surface area contributed by atoms with Gasteiger partial charge in [0.25, 0.3) is 0 Å². The van der Waals surface area contributed by atoms with E-state index in [4.69, 9.17) is 15.2 Å². The Hall–Kier alpha value is -1.59. The van der Waals surface area contributed by atoms with Gasteiger partial charge in [0, 0.05) is 18.7 Å².